The van der Waals surface area contributed by atoms with Crippen LogP contribution in [0.5, 0.6) is 0 Å². The number of hydrogen-bond donors (Lipinski definition) is 1. The lowest BCUT2D eigenvalue weighted by Gasteiger charge is -2.28. The molecule has 2 aromatic carbocycles. The molecule has 1 N–H and O–H groups in total. The summed E-state index contributed by atoms with van der Waals surface area (Å²) in [5, 5.41) is 18.0. The van der Waals surface area contributed by atoms with E-state index in [1.165, 1.54) is 5.56 Å². The molecule has 3 rings (SSSR count). The molecule has 0 radical (unpaired) electrons. The van der Waals surface area contributed by atoms with Gasteiger partial charge in [0.1, 0.15) is 0 Å². The van der Waals surface area contributed by atoms with Gasteiger partial charge in [0.2, 0.25) is 0 Å². The van der Waals surface area contributed by atoms with E-state index in [4.69, 9.17) is 10.1 Å². The molecule has 0 saturated carbocycles. The second-order valence-electron chi connectivity index (χ2n) is 5.55. The highest BCUT2D eigenvalue weighted by Crippen LogP contribution is 2.25. The number of ether oxygens (including phenoxy) is 1. The fourth-order valence-electron chi connectivity index (χ4n) is 2.62. The number of amidine groups is 1. The Morgan fingerprint density at radius 2 is 1.83 bits per heavy atom. The number of nitrogens with zero attached hydrogens (tertiary/aromatic N) is 2. The summed E-state index contributed by atoms with van der Waals surface area (Å²) in [6.07, 6.45) is 0. The number of benzene rings is 2. The Bertz CT molecular complexity index is 746. The number of rotatable bonds is 3. The third-order valence-electron chi connectivity index (χ3n) is 3.99. The molecule has 1 fully saturated rings. The molecule has 1 aliphatic rings. The molecule has 0 spiro atoms. The van der Waals surface area contributed by atoms with Crippen molar-refractivity contribution in [2.24, 2.45) is 0 Å². The molecule has 122 valence electrons. The summed E-state index contributed by atoms with van der Waals surface area (Å²) in [5.74, 6) is 0.774. The van der Waals surface area contributed by atoms with Gasteiger partial charge in [0.15, 0.2) is 5.17 Å². The van der Waals surface area contributed by atoms with E-state index in [2.05, 4.69) is 23.1 Å². The number of thioether (sulfide) groups is 1. The van der Waals surface area contributed by atoms with Crippen LogP contribution in [0.2, 0.25) is 0 Å². The van der Waals surface area contributed by atoms with Crippen LogP contribution >= 0.6 is 11.8 Å². The molecule has 1 aliphatic heterocycles. The minimum atomic E-state index is 0.609. The van der Waals surface area contributed by atoms with Crippen molar-refractivity contribution in [2.45, 2.75) is 5.75 Å². The summed E-state index contributed by atoms with van der Waals surface area (Å²) in [6.45, 7) is 3.01. The van der Waals surface area contributed by atoms with Crippen LogP contribution in [0.15, 0.2) is 48.5 Å². The molecule has 0 amide bonds. The normalized spacial score (nSPS) is 14.2. The summed E-state index contributed by atoms with van der Waals surface area (Å²) in [6, 6.07) is 18.1. The van der Waals surface area contributed by atoms with Crippen molar-refractivity contribution in [3.63, 3.8) is 0 Å². The first-order valence-corrected chi connectivity index (χ1v) is 8.89. The first-order valence-electron chi connectivity index (χ1n) is 7.90. The summed E-state index contributed by atoms with van der Waals surface area (Å²) in [4.78, 5) is 2.06. The van der Waals surface area contributed by atoms with Gasteiger partial charge < -0.3 is 9.64 Å². The molecule has 0 aliphatic carbocycles. The highest BCUT2D eigenvalue weighted by molar-refractivity contribution is 8.13. The standard InChI is InChI=1S/C19H19N3OS/c20-13-17-3-1-2-4-18(17)16-7-5-15(6-8-16)14-24-19(21)22-9-11-23-12-10-22/h1-8,21H,9-12,14H2. The van der Waals surface area contributed by atoms with Crippen molar-refractivity contribution in [3.05, 3.63) is 59.7 Å². The lowest BCUT2D eigenvalue weighted by molar-refractivity contribution is 0.0690. The largest absolute Gasteiger partial charge is 0.378 e. The van der Waals surface area contributed by atoms with Gasteiger partial charge in [-0.1, -0.05) is 54.2 Å². The van der Waals surface area contributed by atoms with Crippen LogP contribution in [-0.4, -0.2) is 36.4 Å². The van der Waals surface area contributed by atoms with Crippen molar-refractivity contribution in [1.29, 1.82) is 10.7 Å². The SMILES string of the molecule is N#Cc1ccccc1-c1ccc(CSC(=N)N2CCOCC2)cc1. The molecule has 0 aromatic heterocycles. The van der Waals surface area contributed by atoms with Gasteiger partial charge in [-0.15, -0.1) is 0 Å². The van der Waals surface area contributed by atoms with Gasteiger partial charge in [-0.05, 0) is 22.8 Å². The maximum absolute atomic E-state index is 9.21. The van der Waals surface area contributed by atoms with Gasteiger partial charge in [-0.2, -0.15) is 5.26 Å². The second kappa shape index (κ2) is 8.00. The summed E-state index contributed by atoms with van der Waals surface area (Å²) >= 11 is 1.55. The molecular weight excluding hydrogens is 318 g/mol. The molecule has 0 bridgehead atoms. The van der Waals surface area contributed by atoms with Crippen LogP contribution in [0.1, 0.15) is 11.1 Å². The predicted octanol–water partition coefficient (Wildman–Crippen LogP) is 3.73. The van der Waals surface area contributed by atoms with Crippen LogP contribution in [0.3, 0.4) is 0 Å². The van der Waals surface area contributed by atoms with E-state index in [9.17, 15) is 5.26 Å². The van der Waals surface area contributed by atoms with Gasteiger partial charge in [0, 0.05) is 18.8 Å². The van der Waals surface area contributed by atoms with Crippen molar-refractivity contribution in [1.82, 2.24) is 4.90 Å². The maximum atomic E-state index is 9.21. The van der Waals surface area contributed by atoms with Crippen LogP contribution in [0.25, 0.3) is 11.1 Å². The van der Waals surface area contributed by atoms with E-state index < -0.39 is 0 Å². The van der Waals surface area contributed by atoms with Crippen LogP contribution < -0.4 is 0 Å². The van der Waals surface area contributed by atoms with Gasteiger partial charge in [-0.25, -0.2) is 0 Å². The minimum absolute atomic E-state index is 0.609. The fourth-order valence-corrected chi connectivity index (χ4v) is 3.48. The number of morpholine rings is 1. The zero-order chi connectivity index (χ0) is 16.8. The molecule has 4 nitrogen and oxygen atoms in total. The molecular formula is C19H19N3OS. The van der Waals surface area contributed by atoms with E-state index in [0.29, 0.717) is 23.9 Å². The monoisotopic (exact) mass is 337 g/mol. The van der Waals surface area contributed by atoms with Crippen molar-refractivity contribution in [2.75, 3.05) is 26.3 Å². The molecule has 0 atom stereocenters. The summed E-state index contributed by atoms with van der Waals surface area (Å²) in [7, 11) is 0. The number of nitriles is 1. The highest BCUT2D eigenvalue weighted by Gasteiger charge is 2.14. The molecule has 1 saturated heterocycles. The maximum Gasteiger partial charge on any atom is 0.156 e. The van der Waals surface area contributed by atoms with Gasteiger partial charge in [0.25, 0.3) is 0 Å². The molecule has 1 heterocycles. The zero-order valence-electron chi connectivity index (χ0n) is 13.4. The predicted molar refractivity (Wildman–Crippen MR) is 98.0 cm³/mol. The lowest BCUT2D eigenvalue weighted by Crippen LogP contribution is -2.39. The first-order chi connectivity index (χ1) is 11.8. The summed E-state index contributed by atoms with van der Waals surface area (Å²) < 4.78 is 5.32. The van der Waals surface area contributed by atoms with Crippen molar-refractivity contribution >= 4 is 16.9 Å². The summed E-state index contributed by atoms with van der Waals surface area (Å²) in [5.41, 5.74) is 3.87. The quantitative estimate of drug-likeness (QED) is 0.685. The van der Waals surface area contributed by atoms with Gasteiger partial charge in [0.05, 0.1) is 24.8 Å². The third kappa shape index (κ3) is 3.97. The van der Waals surface area contributed by atoms with Crippen molar-refractivity contribution < 1.29 is 4.74 Å². The average Bonchev–Trinajstić information content (AvgIpc) is 2.67. The van der Waals surface area contributed by atoms with Gasteiger partial charge >= 0.3 is 0 Å². The Balaban J connectivity index is 1.62. The van der Waals surface area contributed by atoms with E-state index in [-0.39, 0.29) is 0 Å². The molecule has 0 unspecified atom stereocenters. The Hall–Kier alpha value is -2.29. The first kappa shape index (κ1) is 16.6. The van der Waals surface area contributed by atoms with Crippen LogP contribution in [-0.2, 0) is 10.5 Å². The Labute approximate surface area is 146 Å². The van der Waals surface area contributed by atoms with Gasteiger partial charge in [-0.3, -0.25) is 5.41 Å². The average molecular weight is 337 g/mol. The third-order valence-corrected chi connectivity index (χ3v) is 5.00. The molecule has 5 heteroatoms. The minimum Gasteiger partial charge on any atom is -0.378 e. The van der Waals surface area contributed by atoms with E-state index in [0.717, 1.165) is 30.0 Å². The Kier molecular flexibility index (Phi) is 5.52. The van der Waals surface area contributed by atoms with E-state index in [1.54, 1.807) is 11.8 Å². The molecule has 2 aromatic rings. The smallest absolute Gasteiger partial charge is 0.156 e. The Morgan fingerprint density at radius 1 is 1.12 bits per heavy atom. The van der Waals surface area contributed by atoms with Crippen LogP contribution in [0.4, 0.5) is 0 Å². The lowest BCUT2D eigenvalue weighted by atomic mass is 10.00. The fraction of sp³-hybridized carbons (Fsp3) is 0.263. The van der Waals surface area contributed by atoms with E-state index >= 15 is 0 Å². The van der Waals surface area contributed by atoms with Crippen LogP contribution in [0, 0.1) is 16.7 Å². The number of nitrogens with one attached hydrogen (secondary N) is 1. The number of hydrogen-bond acceptors (Lipinski definition) is 4. The topological polar surface area (TPSA) is 60.1 Å². The Morgan fingerprint density at radius 3 is 2.54 bits per heavy atom. The highest BCUT2D eigenvalue weighted by atomic mass is 32.2. The second-order valence-corrected chi connectivity index (χ2v) is 6.51. The molecule has 24 heavy (non-hydrogen) atoms. The van der Waals surface area contributed by atoms with E-state index in [1.807, 2.05) is 36.4 Å². The van der Waals surface area contributed by atoms with Crippen molar-refractivity contribution in [3.8, 4) is 17.2 Å². The zero-order valence-corrected chi connectivity index (χ0v) is 14.2.